The zero-order valence-electron chi connectivity index (χ0n) is 16.0. The Labute approximate surface area is 171 Å². The van der Waals surface area contributed by atoms with Crippen LogP contribution >= 0.6 is 24.0 Å². The molecule has 0 radical (unpaired) electrons. The van der Waals surface area contributed by atoms with E-state index in [-0.39, 0.29) is 23.7 Å². The van der Waals surface area contributed by atoms with Gasteiger partial charge in [-0.15, -0.1) is 17.5 Å². The van der Waals surface area contributed by atoms with Crippen molar-refractivity contribution >= 4 is 29.9 Å². The molecule has 0 spiro atoms. The molecule has 27 heavy (non-hydrogen) atoms. The van der Waals surface area contributed by atoms with Gasteiger partial charge in [-0.2, -0.15) is 0 Å². The molecule has 0 atom stereocenters. The van der Waals surface area contributed by atoms with Crippen molar-refractivity contribution < 1.29 is 4.79 Å². The molecule has 1 saturated heterocycles. The topological polar surface area (TPSA) is 71.8 Å². The summed E-state index contributed by atoms with van der Waals surface area (Å²) in [6.45, 7) is 8.45. The summed E-state index contributed by atoms with van der Waals surface area (Å²) in [4.78, 5) is 12.7. The van der Waals surface area contributed by atoms with Crippen LogP contribution in [0, 0.1) is 6.92 Å². The lowest BCUT2D eigenvalue weighted by atomic mass is 9.84. The number of benzene rings is 1. The van der Waals surface area contributed by atoms with E-state index in [0.717, 1.165) is 37.2 Å². The van der Waals surface area contributed by atoms with Crippen LogP contribution in [-0.2, 0) is 5.41 Å². The van der Waals surface area contributed by atoms with Gasteiger partial charge in [-0.05, 0) is 44.5 Å². The molecule has 1 aromatic carbocycles. The number of nitrogens with one attached hydrogen (secondary N) is 2. The number of aromatic nitrogens is 3. The van der Waals surface area contributed by atoms with Crippen LogP contribution in [0.2, 0.25) is 5.02 Å². The highest BCUT2D eigenvalue weighted by atomic mass is 35.5. The number of hydrogen-bond acceptors (Lipinski definition) is 4. The van der Waals surface area contributed by atoms with Crippen molar-refractivity contribution in [2.24, 2.45) is 0 Å². The molecule has 1 aromatic heterocycles. The van der Waals surface area contributed by atoms with E-state index in [1.807, 2.05) is 35.9 Å². The zero-order valence-corrected chi connectivity index (χ0v) is 17.5. The smallest absolute Gasteiger partial charge is 0.273 e. The Balaban J connectivity index is 0.00000261. The quantitative estimate of drug-likeness (QED) is 0.791. The van der Waals surface area contributed by atoms with E-state index in [2.05, 4.69) is 34.8 Å². The minimum absolute atomic E-state index is 0. The fourth-order valence-electron chi connectivity index (χ4n) is 3.44. The minimum Gasteiger partial charge on any atom is -0.350 e. The Morgan fingerprint density at radius 2 is 2.00 bits per heavy atom. The van der Waals surface area contributed by atoms with Gasteiger partial charge in [-0.3, -0.25) is 4.79 Å². The molecular formula is C19H27Cl2N5O. The Kier molecular flexibility index (Phi) is 7.25. The number of carbonyl (C=O) groups excluding carboxylic acids is 1. The molecule has 2 heterocycles. The van der Waals surface area contributed by atoms with Gasteiger partial charge in [0.25, 0.3) is 5.91 Å². The van der Waals surface area contributed by atoms with Gasteiger partial charge in [0.1, 0.15) is 0 Å². The second kappa shape index (κ2) is 9.04. The summed E-state index contributed by atoms with van der Waals surface area (Å²) >= 11 is 6.31. The summed E-state index contributed by atoms with van der Waals surface area (Å²) in [7, 11) is 0. The molecule has 0 aliphatic carbocycles. The number of carbonyl (C=O) groups is 1. The maximum Gasteiger partial charge on any atom is 0.273 e. The third-order valence-electron chi connectivity index (χ3n) is 5.09. The molecule has 0 bridgehead atoms. The standard InChI is InChI=1S/C19H26ClN5O.ClH/c1-13-17(23-24-25(13)14-8-10-21-11-9-14)18(26)22-12-19(2,3)15-6-4-5-7-16(15)20;/h4-7,14,21H,8-12H2,1-3H3,(H,22,26);1H. The highest BCUT2D eigenvalue weighted by Crippen LogP contribution is 2.29. The van der Waals surface area contributed by atoms with Crippen molar-refractivity contribution in [3.8, 4) is 0 Å². The van der Waals surface area contributed by atoms with E-state index in [0.29, 0.717) is 23.3 Å². The second-order valence-corrected chi connectivity index (χ2v) is 7.90. The first-order chi connectivity index (χ1) is 12.4. The molecule has 0 unspecified atom stereocenters. The molecule has 1 fully saturated rings. The summed E-state index contributed by atoms with van der Waals surface area (Å²) in [6.07, 6.45) is 2.01. The highest BCUT2D eigenvalue weighted by molar-refractivity contribution is 6.31. The lowest BCUT2D eigenvalue weighted by molar-refractivity contribution is 0.0940. The maximum atomic E-state index is 12.7. The van der Waals surface area contributed by atoms with Crippen molar-refractivity contribution in [1.82, 2.24) is 25.6 Å². The lowest BCUT2D eigenvalue weighted by Gasteiger charge is -2.26. The predicted octanol–water partition coefficient (Wildman–Crippen LogP) is 3.29. The van der Waals surface area contributed by atoms with Crippen molar-refractivity contribution in [3.63, 3.8) is 0 Å². The van der Waals surface area contributed by atoms with Gasteiger partial charge >= 0.3 is 0 Å². The predicted molar refractivity (Wildman–Crippen MR) is 110 cm³/mol. The average Bonchev–Trinajstić information content (AvgIpc) is 3.02. The SMILES string of the molecule is Cc1c(C(=O)NCC(C)(C)c2ccccc2Cl)nnn1C1CCNCC1.Cl. The Morgan fingerprint density at radius 1 is 1.33 bits per heavy atom. The van der Waals surface area contributed by atoms with Gasteiger partial charge in [-0.1, -0.05) is 48.9 Å². The molecule has 2 aromatic rings. The first kappa shape index (κ1) is 21.7. The molecule has 1 aliphatic heterocycles. The van der Waals surface area contributed by atoms with Crippen LogP contribution in [0.3, 0.4) is 0 Å². The summed E-state index contributed by atoms with van der Waals surface area (Å²) in [5, 5.41) is 15.4. The fourth-order valence-corrected chi connectivity index (χ4v) is 3.83. The largest absolute Gasteiger partial charge is 0.350 e. The van der Waals surface area contributed by atoms with Crippen molar-refractivity contribution in [2.75, 3.05) is 19.6 Å². The molecule has 1 amide bonds. The van der Waals surface area contributed by atoms with Gasteiger partial charge in [0.2, 0.25) is 0 Å². The number of amides is 1. The third-order valence-corrected chi connectivity index (χ3v) is 5.42. The number of rotatable bonds is 5. The molecule has 0 saturated carbocycles. The van der Waals surface area contributed by atoms with Crippen LogP contribution in [0.5, 0.6) is 0 Å². The number of nitrogens with zero attached hydrogens (tertiary/aromatic N) is 3. The first-order valence-corrected chi connectivity index (χ1v) is 9.43. The van der Waals surface area contributed by atoms with Crippen LogP contribution in [0.25, 0.3) is 0 Å². The Bertz CT molecular complexity index is 784. The summed E-state index contributed by atoms with van der Waals surface area (Å²) < 4.78 is 1.90. The number of piperidine rings is 1. The van der Waals surface area contributed by atoms with Crippen LogP contribution in [0.4, 0.5) is 0 Å². The molecule has 2 N–H and O–H groups in total. The second-order valence-electron chi connectivity index (χ2n) is 7.50. The molecule has 1 aliphatic rings. The van der Waals surface area contributed by atoms with E-state index in [1.54, 1.807) is 0 Å². The lowest BCUT2D eigenvalue weighted by Crippen LogP contribution is -2.37. The third kappa shape index (κ3) is 4.81. The average molecular weight is 412 g/mol. The molecule has 6 nitrogen and oxygen atoms in total. The van der Waals surface area contributed by atoms with Gasteiger partial charge in [0.05, 0.1) is 11.7 Å². The van der Waals surface area contributed by atoms with E-state index < -0.39 is 0 Å². The van der Waals surface area contributed by atoms with Crippen LogP contribution < -0.4 is 10.6 Å². The van der Waals surface area contributed by atoms with Crippen LogP contribution in [0.1, 0.15) is 54.5 Å². The van der Waals surface area contributed by atoms with Crippen molar-refractivity contribution in [2.45, 2.75) is 45.1 Å². The van der Waals surface area contributed by atoms with Gasteiger partial charge < -0.3 is 10.6 Å². The van der Waals surface area contributed by atoms with Crippen molar-refractivity contribution in [1.29, 1.82) is 0 Å². The van der Waals surface area contributed by atoms with Crippen molar-refractivity contribution in [3.05, 3.63) is 46.2 Å². The summed E-state index contributed by atoms with van der Waals surface area (Å²) in [6, 6.07) is 8.04. The Morgan fingerprint density at radius 3 is 2.67 bits per heavy atom. The van der Waals surface area contributed by atoms with Gasteiger partial charge in [-0.25, -0.2) is 4.68 Å². The van der Waals surface area contributed by atoms with E-state index >= 15 is 0 Å². The molecule has 8 heteroatoms. The summed E-state index contributed by atoms with van der Waals surface area (Å²) in [5.41, 5.74) is 1.95. The van der Waals surface area contributed by atoms with Crippen LogP contribution in [-0.4, -0.2) is 40.5 Å². The molecular weight excluding hydrogens is 385 g/mol. The number of hydrogen-bond donors (Lipinski definition) is 2. The Hall–Kier alpha value is -1.63. The highest BCUT2D eigenvalue weighted by Gasteiger charge is 2.26. The van der Waals surface area contributed by atoms with E-state index in [4.69, 9.17) is 11.6 Å². The van der Waals surface area contributed by atoms with E-state index in [1.165, 1.54) is 0 Å². The van der Waals surface area contributed by atoms with Gasteiger partial charge in [0.15, 0.2) is 5.69 Å². The number of halogens is 2. The summed E-state index contributed by atoms with van der Waals surface area (Å²) in [5.74, 6) is -0.192. The van der Waals surface area contributed by atoms with E-state index in [9.17, 15) is 4.79 Å². The van der Waals surface area contributed by atoms with Crippen LogP contribution in [0.15, 0.2) is 24.3 Å². The first-order valence-electron chi connectivity index (χ1n) is 9.06. The molecule has 3 rings (SSSR count). The molecule has 148 valence electrons. The normalized spacial score (nSPS) is 15.3. The fraction of sp³-hybridized carbons (Fsp3) is 0.526. The maximum absolute atomic E-state index is 12.7. The minimum atomic E-state index is -0.285. The monoisotopic (exact) mass is 411 g/mol. The zero-order chi connectivity index (χ0) is 18.7. The van der Waals surface area contributed by atoms with Gasteiger partial charge in [0, 0.05) is 17.0 Å².